The van der Waals surface area contributed by atoms with Crippen molar-refractivity contribution in [2.24, 2.45) is 0 Å². The normalized spacial score (nSPS) is 11.6. The maximum atomic E-state index is 5.37. The fourth-order valence-corrected chi connectivity index (χ4v) is 2.33. The maximum Gasteiger partial charge on any atom is 0.171 e. The highest BCUT2D eigenvalue weighted by atomic mass is 32.1. The zero-order valence-corrected chi connectivity index (χ0v) is 13.3. The van der Waals surface area contributed by atoms with Crippen LogP contribution in [0.2, 0.25) is 0 Å². The van der Waals surface area contributed by atoms with Crippen LogP contribution in [-0.4, -0.2) is 12.2 Å². The summed E-state index contributed by atoms with van der Waals surface area (Å²) in [7, 11) is 1.66. The van der Waals surface area contributed by atoms with E-state index in [4.69, 9.17) is 17.0 Å². The average Bonchev–Trinajstić information content (AvgIpc) is 2.49. The van der Waals surface area contributed by atoms with Crippen molar-refractivity contribution in [3.8, 4) is 5.75 Å². The van der Waals surface area contributed by atoms with Crippen molar-refractivity contribution in [2.75, 3.05) is 12.4 Å². The molecule has 0 aliphatic carbocycles. The van der Waals surface area contributed by atoms with Crippen LogP contribution in [0.5, 0.6) is 5.75 Å². The summed E-state index contributed by atoms with van der Waals surface area (Å²) in [5.41, 5.74) is 3.35. The van der Waals surface area contributed by atoms with E-state index in [1.165, 1.54) is 5.56 Å². The first-order chi connectivity index (χ1) is 10.1. The van der Waals surface area contributed by atoms with Gasteiger partial charge in [-0.3, -0.25) is 0 Å². The average molecular weight is 300 g/mol. The number of rotatable bonds is 4. The van der Waals surface area contributed by atoms with Gasteiger partial charge < -0.3 is 15.4 Å². The van der Waals surface area contributed by atoms with Gasteiger partial charge in [0.05, 0.1) is 13.2 Å². The van der Waals surface area contributed by atoms with Gasteiger partial charge in [-0.1, -0.05) is 30.3 Å². The zero-order valence-electron chi connectivity index (χ0n) is 12.5. The summed E-state index contributed by atoms with van der Waals surface area (Å²) >= 11 is 5.37. The lowest BCUT2D eigenvalue weighted by Crippen LogP contribution is -2.31. The third-order valence-electron chi connectivity index (χ3n) is 3.36. The Kier molecular flexibility index (Phi) is 5.17. The second kappa shape index (κ2) is 7.09. The molecule has 110 valence electrons. The van der Waals surface area contributed by atoms with Crippen LogP contribution in [0.25, 0.3) is 0 Å². The molecule has 0 aromatic heterocycles. The SMILES string of the molecule is COc1ccc([C@@H](C)NC(=S)Nc2ccccc2C)cc1. The van der Waals surface area contributed by atoms with Gasteiger partial charge in [0.25, 0.3) is 0 Å². The number of anilines is 1. The Bertz CT molecular complexity index is 610. The van der Waals surface area contributed by atoms with Crippen molar-refractivity contribution >= 4 is 23.0 Å². The summed E-state index contributed by atoms with van der Waals surface area (Å²) in [5.74, 6) is 0.853. The minimum Gasteiger partial charge on any atom is -0.497 e. The van der Waals surface area contributed by atoms with Crippen LogP contribution < -0.4 is 15.4 Å². The Morgan fingerprint density at radius 1 is 1.10 bits per heavy atom. The van der Waals surface area contributed by atoms with Gasteiger partial charge in [0, 0.05) is 5.69 Å². The molecule has 21 heavy (non-hydrogen) atoms. The topological polar surface area (TPSA) is 33.3 Å². The number of aryl methyl sites for hydroxylation is 1. The molecule has 1 atom stereocenters. The molecule has 0 bridgehead atoms. The molecule has 0 unspecified atom stereocenters. The Balaban J connectivity index is 1.97. The number of hydrogen-bond acceptors (Lipinski definition) is 2. The third-order valence-corrected chi connectivity index (χ3v) is 3.58. The smallest absolute Gasteiger partial charge is 0.171 e. The Morgan fingerprint density at radius 3 is 2.38 bits per heavy atom. The molecule has 0 heterocycles. The summed E-state index contributed by atoms with van der Waals surface area (Å²) in [4.78, 5) is 0. The van der Waals surface area contributed by atoms with Crippen LogP contribution >= 0.6 is 12.2 Å². The standard InChI is InChI=1S/C17H20N2OS/c1-12-6-4-5-7-16(12)19-17(21)18-13(2)14-8-10-15(20-3)11-9-14/h4-11,13H,1-3H3,(H2,18,19,21)/t13-/m1/s1. The molecule has 0 spiro atoms. The number of thiocarbonyl (C=S) groups is 1. The van der Waals surface area contributed by atoms with Crippen molar-refractivity contribution < 1.29 is 4.74 Å². The highest BCUT2D eigenvalue weighted by molar-refractivity contribution is 7.80. The second-order valence-corrected chi connectivity index (χ2v) is 5.32. The molecule has 0 radical (unpaired) electrons. The number of benzene rings is 2. The number of hydrogen-bond donors (Lipinski definition) is 2. The molecule has 2 N–H and O–H groups in total. The molecule has 2 rings (SSSR count). The van der Waals surface area contributed by atoms with Crippen molar-refractivity contribution in [2.45, 2.75) is 19.9 Å². The molecule has 0 aliphatic rings. The van der Waals surface area contributed by atoms with Crippen LogP contribution in [-0.2, 0) is 0 Å². The van der Waals surface area contributed by atoms with E-state index >= 15 is 0 Å². The molecule has 2 aromatic rings. The van der Waals surface area contributed by atoms with Gasteiger partial charge in [0.1, 0.15) is 5.75 Å². The monoisotopic (exact) mass is 300 g/mol. The number of para-hydroxylation sites is 1. The van der Waals surface area contributed by atoms with Crippen molar-refractivity contribution in [3.63, 3.8) is 0 Å². The Morgan fingerprint density at radius 2 is 1.76 bits per heavy atom. The molecule has 2 aromatic carbocycles. The van der Waals surface area contributed by atoms with Gasteiger partial charge >= 0.3 is 0 Å². The van der Waals surface area contributed by atoms with Gasteiger partial charge in [-0.15, -0.1) is 0 Å². The summed E-state index contributed by atoms with van der Waals surface area (Å²) in [6, 6.07) is 16.2. The summed E-state index contributed by atoms with van der Waals surface area (Å²) in [6.45, 7) is 4.13. The van der Waals surface area contributed by atoms with Crippen LogP contribution in [0.15, 0.2) is 48.5 Å². The van der Waals surface area contributed by atoms with Crippen LogP contribution in [0.3, 0.4) is 0 Å². The highest BCUT2D eigenvalue weighted by Gasteiger charge is 2.08. The molecule has 0 saturated heterocycles. The minimum absolute atomic E-state index is 0.125. The van der Waals surface area contributed by atoms with Crippen molar-refractivity contribution in [1.82, 2.24) is 5.32 Å². The van der Waals surface area contributed by atoms with Gasteiger partial charge in [0.2, 0.25) is 0 Å². The third kappa shape index (κ3) is 4.20. The summed E-state index contributed by atoms with van der Waals surface area (Å²) < 4.78 is 5.16. The van der Waals surface area contributed by atoms with Gasteiger partial charge in [-0.2, -0.15) is 0 Å². The molecule has 3 nitrogen and oxygen atoms in total. The lowest BCUT2D eigenvalue weighted by atomic mass is 10.1. The minimum atomic E-state index is 0.125. The molecule has 0 aliphatic heterocycles. The van der Waals surface area contributed by atoms with Gasteiger partial charge in [-0.25, -0.2) is 0 Å². The maximum absolute atomic E-state index is 5.37. The van der Waals surface area contributed by atoms with Crippen molar-refractivity contribution in [3.05, 3.63) is 59.7 Å². The fraction of sp³-hybridized carbons (Fsp3) is 0.235. The predicted octanol–water partition coefficient (Wildman–Crippen LogP) is 4.05. The largest absolute Gasteiger partial charge is 0.497 e. The van der Waals surface area contributed by atoms with E-state index in [0.717, 1.165) is 17.0 Å². The highest BCUT2D eigenvalue weighted by Crippen LogP contribution is 2.18. The van der Waals surface area contributed by atoms with Gasteiger partial charge in [0.15, 0.2) is 5.11 Å². The van der Waals surface area contributed by atoms with Crippen molar-refractivity contribution in [1.29, 1.82) is 0 Å². The first kappa shape index (κ1) is 15.3. The lowest BCUT2D eigenvalue weighted by molar-refractivity contribution is 0.414. The van der Waals surface area contributed by atoms with E-state index in [0.29, 0.717) is 5.11 Å². The lowest BCUT2D eigenvalue weighted by Gasteiger charge is -2.18. The Labute approximate surface area is 131 Å². The first-order valence-corrected chi connectivity index (χ1v) is 7.28. The van der Waals surface area contributed by atoms with E-state index in [2.05, 4.69) is 30.5 Å². The summed E-state index contributed by atoms with van der Waals surface area (Å²) in [6.07, 6.45) is 0. The van der Waals surface area contributed by atoms with E-state index in [-0.39, 0.29) is 6.04 Å². The quantitative estimate of drug-likeness (QED) is 0.835. The van der Waals surface area contributed by atoms with E-state index < -0.39 is 0 Å². The molecule has 0 fully saturated rings. The molecular weight excluding hydrogens is 280 g/mol. The molecular formula is C17H20N2OS. The number of ether oxygens (including phenoxy) is 1. The Hall–Kier alpha value is -2.07. The van der Waals surface area contributed by atoms with E-state index in [9.17, 15) is 0 Å². The van der Waals surface area contributed by atoms with Crippen LogP contribution in [0, 0.1) is 6.92 Å². The van der Waals surface area contributed by atoms with E-state index in [1.54, 1.807) is 7.11 Å². The number of nitrogens with one attached hydrogen (secondary N) is 2. The van der Waals surface area contributed by atoms with E-state index in [1.807, 2.05) is 42.5 Å². The predicted molar refractivity (Wildman–Crippen MR) is 91.9 cm³/mol. The second-order valence-electron chi connectivity index (χ2n) is 4.91. The molecule has 0 amide bonds. The fourth-order valence-electron chi connectivity index (χ4n) is 2.04. The first-order valence-electron chi connectivity index (χ1n) is 6.87. The van der Waals surface area contributed by atoms with Gasteiger partial charge in [-0.05, 0) is 55.4 Å². The molecule has 4 heteroatoms. The zero-order chi connectivity index (χ0) is 15.2. The molecule has 0 saturated carbocycles. The van der Waals surface area contributed by atoms with Crippen LogP contribution in [0.1, 0.15) is 24.1 Å². The number of methoxy groups -OCH3 is 1. The summed E-state index contributed by atoms with van der Waals surface area (Å²) in [5, 5.41) is 7.14. The van der Waals surface area contributed by atoms with Crippen LogP contribution in [0.4, 0.5) is 5.69 Å².